The first-order valence-corrected chi connectivity index (χ1v) is 6.98. The van der Waals surface area contributed by atoms with Gasteiger partial charge in [0.05, 0.1) is 5.56 Å². The average Bonchev–Trinajstić information content (AvgIpc) is 2.32. The number of hydrogen-bond donors (Lipinski definition) is 1. The van der Waals surface area contributed by atoms with Gasteiger partial charge in [-0.2, -0.15) is 0 Å². The SMILES string of the molecule is CC1NCCN(C(=O)c2ccccc2I)C1C.Cl. The van der Waals surface area contributed by atoms with Gasteiger partial charge in [0.25, 0.3) is 5.91 Å². The van der Waals surface area contributed by atoms with Crippen molar-refractivity contribution in [2.75, 3.05) is 13.1 Å². The van der Waals surface area contributed by atoms with E-state index in [0.717, 1.165) is 22.2 Å². The molecule has 1 aromatic rings. The quantitative estimate of drug-likeness (QED) is 0.760. The molecule has 1 amide bonds. The van der Waals surface area contributed by atoms with Crippen LogP contribution in [0.15, 0.2) is 24.3 Å². The molecule has 0 bridgehead atoms. The van der Waals surface area contributed by atoms with Crippen molar-refractivity contribution in [1.82, 2.24) is 10.2 Å². The van der Waals surface area contributed by atoms with Gasteiger partial charge >= 0.3 is 0 Å². The zero-order chi connectivity index (χ0) is 12.4. The van der Waals surface area contributed by atoms with E-state index < -0.39 is 0 Å². The van der Waals surface area contributed by atoms with Crippen LogP contribution in [0.5, 0.6) is 0 Å². The van der Waals surface area contributed by atoms with E-state index in [1.165, 1.54) is 0 Å². The van der Waals surface area contributed by atoms with Gasteiger partial charge in [0.15, 0.2) is 0 Å². The molecule has 1 N–H and O–H groups in total. The van der Waals surface area contributed by atoms with Crippen LogP contribution in [0.4, 0.5) is 0 Å². The van der Waals surface area contributed by atoms with E-state index >= 15 is 0 Å². The predicted octanol–water partition coefficient (Wildman–Crippen LogP) is 2.54. The Hall–Kier alpha value is -0.330. The van der Waals surface area contributed by atoms with Crippen molar-refractivity contribution in [3.63, 3.8) is 0 Å². The number of hydrogen-bond acceptors (Lipinski definition) is 2. The first-order chi connectivity index (χ1) is 8.11. The fourth-order valence-corrected chi connectivity index (χ4v) is 2.75. The number of carbonyl (C=O) groups excluding carboxylic acids is 1. The highest BCUT2D eigenvalue weighted by Gasteiger charge is 2.29. The summed E-state index contributed by atoms with van der Waals surface area (Å²) in [6.45, 7) is 5.89. The lowest BCUT2D eigenvalue weighted by Gasteiger charge is -2.38. The molecule has 3 nitrogen and oxygen atoms in total. The monoisotopic (exact) mass is 380 g/mol. The van der Waals surface area contributed by atoms with Crippen LogP contribution in [-0.2, 0) is 0 Å². The first kappa shape index (κ1) is 15.7. The minimum atomic E-state index is 0. The third-order valence-corrected chi connectivity index (χ3v) is 4.34. The second-order valence-electron chi connectivity index (χ2n) is 4.46. The Labute approximate surface area is 128 Å². The lowest BCUT2D eigenvalue weighted by molar-refractivity contribution is 0.0602. The van der Waals surface area contributed by atoms with Crippen molar-refractivity contribution in [3.05, 3.63) is 33.4 Å². The largest absolute Gasteiger partial charge is 0.333 e. The summed E-state index contributed by atoms with van der Waals surface area (Å²) in [6.07, 6.45) is 0. The second kappa shape index (κ2) is 6.73. The Kier molecular flexibility index (Phi) is 5.88. The van der Waals surface area contributed by atoms with Gasteiger partial charge in [-0.05, 0) is 48.6 Å². The molecule has 0 spiro atoms. The molecule has 2 atom stereocenters. The van der Waals surface area contributed by atoms with Crippen LogP contribution < -0.4 is 5.32 Å². The highest BCUT2D eigenvalue weighted by Crippen LogP contribution is 2.18. The Bertz CT molecular complexity index is 427. The zero-order valence-corrected chi connectivity index (χ0v) is 13.5. The van der Waals surface area contributed by atoms with Crippen molar-refractivity contribution in [2.45, 2.75) is 25.9 Å². The smallest absolute Gasteiger partial charge is 0.255 e. The van der Waals surface area contributed by atoms with Gasteiger partial charge in [-0.15, -0.1) is 12.4 Å². The van der Waals surface area contributed by atoms with E-state index in [9.17, 15) is 4.79 Å². The van der Waals surface area contributed by atoms with E-state index in [0.29, 0.717) is 6.04 Å². The molecular formula is C13H18ClIN2O. The summed E-state index contributed by atoms with van der Waals surface area (Å²) in [7, 11) is 0. The third-order valence-electron chi connectivity index (χ3n) is 3.40. The van der Waals surface area contributed by atoms with Crippen molar-refractivity contribution in [1.29, 1.82) is 0 Å². The highest BCUT2D eigenvalue weighted by molar-refractivity contribution is 14.1. The summed E-state index contributed by atoms with van der Waals surface area (Å²) in [6, 6.07) is 8.36. The molecule has 2 rings (SSSR count). The first-order valence-electron chi connectivity index (χ1n) is 5.90. The van der Waals surface area contributed by atoms with Crippen LogP contribution >= 0.6 is 35.0 Å². The summed E-state index contributed by atoms with van der Waals surface area (Å²) < 4.78 is 1.02. The van der Waals surface area contributed by atoms with Crippen molar-refractivity contribution < 1.29 is 4.79 Å². The molecule has 0 saturated carbocycles. The molecule has 1 aliphatic heterocycles. The van der Waals surface area contributed by atoms with Gasteiger partial charge in [-0.3, -0.25) is 4.79 Å². The Balaban J connectivity index is 0.00000162. The standard InChI is InChI=1S/C13H17IN2O.ClH/c1-9-10(2)16(8-7-15-9)13(17)11-5-3-4-6-12(11)14;/h3-6,9-10,15H,7-8H2,1-2H3;1H. The maximum Gasteiger partial charge on any atom is 0.255 e. The number of nitrogens with one attached hydrogen (secondary N) is 1. The lowest BCUT2D eigenvalue weighted by atomic mass is 10.1. The van der Waals surface area contributed by atoms with Crippen molar-refractivity contribution >= 4 is 40.9 Å². The van der Waals surface area contributed by atoms with Crippen LogP contribution in [0.1, 0.15) is 24.2 Å². The second-order valence-corrected chi connectivity index (χ2v) is 5.62. The Morgan fingerprint density at radius 2 is 2.06 bits per heavy atom. The molecule has 1 aliphatic rings. The fourth-order valence-electron chi connectivity index (χ4n) is 2.13. The molecule has 100 valence electrons. The van der Waals surface area contributed by atoms with Gasteiger partial charge < -0.3 is 10.2 Å². The summed E-state index contributed by atoms with van der Waals surface area (Å²) >= 11 is 2.22. The number of rotatable bonds is 1. The average molecular weight is 381 g/mol. The highest BCUT2D eigenvalue weighted by atomic mass is 127. The normalized spacial score (nSPS) is 23.4. The van der Waals surface area contributed by atoms with Gasteiger partial charge in [0, 0.05) is 28.7 Å². The summed E-state index contributed by atoms with van der Waals surface area (Å²) in [5.74, 6) is 0.149. The van der Waals surface area contributed by atoms with Crippen LogP contribution in [0.2, 0.25) is 0 Å². The summed E-state index contributed by atoms with van der Waals surface area (Å²) in [5.41, 5.74) is 0.814. The molecule has 18 heavy (non-hydrogen) atoms. The van der Waals surface area contributed by atoms with Crippen molar-refractivity contribution in [3.8, 4) is 0 Å². The predicted molar refractivity (Wildman–Crippen MR) is 84.4 cm³/mol. The molecule has 0 aromatic heterocycles. The topological polar surface area (TPSA) is 32.3 Å². The van der Waals surface area contributed by atoms with Crippen LogP contribution in [-0.4, -0.2) is 36.0 Å². The van der Waals surface area contributed by atoms with E-state index in [-0.39, 0.29) is 24.4 Å². The van der Waals surface area contributed by atoms with Crippen LogP contribution in [0, 0.1) is 3.57 Å². The zero-order valence-electron chi connectivity index (χ0n) is 10.5. The number of carbonyl (C=O) groups is 1. The molecule has 2 unspecified atom stereocenters. The number of benzene rings is 1. The van der Waals surface area contributed by atoms with Crippen LogP contribution in [0.25, 0.3) is 0 Å². The number of amides is 1. The molecule has 1 fully saturated rings. The van der Waals surface area contributed by atoms with Crippen molar-refractivity contribution in [2.24, 2.45) is 0 Å². The minimum Gasteiger partial charge on any atom is -0.333 e. The van der Waals surface area contributed by atoms with Gasteiger partial charge in [-0.1, -0.05) is 12.1 Å². The van der Waals surface area contributed by atoms with E-state index in [2.05, 4.69) is 41.8 Å². The van der Waals surface area contributed by atoms with E-state index in [1.54, 1.807) is 0 Å². The maximum absolute atomic E-state index is 12.5. The fraction of sp³-hybridized carbons (Fsp3) is 0.462. The van der Waals surface area contributed by atoms with Gasteiger partial charge in [-0.25, -0.2) is 0 Å². The number of piperazine rings is 1. The molecule has 1 heterocycles. The lowest BCUT2D eigenvalue weighted by Crippen LogP contribution is -2.57. The number of halogens is 2. The molecular weight excluding hydrogens is 363 g/mol. The summed E-state index contributed by atoms with van der Waals surface area (Å²) in [5, 5.41) is 3.39. The van der Waals surface area contributed by atoms with Gasteiger partial charge in [0.2, 0.25) is 0 Å². The van der Waals surface area contributed by atoms with Gasteiger partial charge in [0.1, 0.15) is 0 Å². The van der Waals surface area contributed by atoms with E-state index in [1.807, 2.05) is 29.2 Å². The summed E-state index contributed by atoms with van der Waals surface area (Å²) in [4.78, 5) is 14.4. The molecule has 1 saturated heterocycles. The van der Waals surface area contributed by atoms with Crippen LogP contribution in [0.3, 0.4) is 0 Å². The third kappa shape index (κ3) is 3.16. The number of nitrogens with zero attached hydrogens (tertiary/aromatic N) is 1. The van der Waals surface area contributed by atoms with E-state index in [4.69, 9.17) is 0 Å². The maximum atomic E-state index is 12.5. The Morgan fingerprint density at radius 1 is 1.39 bits per heavy atom. The molecule has 1 aromatic carbocycles. The molecule has 0 aliphatic carbocycles. The Morgan fingerprint density at radius 3 is 2.72 bits per heavy atom. The molecule has 0 radical (unpaired) electrons. The minimum absolute atomic E-state index is 0. The molecule has 5 heteroatoms.